The van der Waals surface area contributed by atoms with Crippen molar-refractivity contribution in [3.05, 3.63) is 47.9 Å². The Hall–Kier alpha value is -2.93. The first kappa shape index (κ1) is 20.8. The molecule has 0 saturated heterocycles. The van der Waals surface area contributed by atoms with Crippen LogP contribution < -0.4 is 5.32 Å². The quantitative estimate of drug-likeness (QED) is 0.653. The van der Waals surface area contributed by atoms with Gasteiger partial charge in [0.2, 0.25) is 0 Å². The first-order valence-electron chi connectivity index (χ1n) is 9.89. The Balaban J connectivity index is 0.00000117. The molecular formula is C22H28N4O3. The van der Waals surface area contributed by atoms with Crippen molar-refractivity contribution in [3.8, 4) is 11.3 Å². The number of amides is 1. The summed E-state index contributed by atoms with van der Waals surface area (Å²) in [7, 11) is 0. The van der Waals surface area contributed by atoms with Gasteiger partial charge in [-0.05, 0) is 44.0 Å². The summed E-state index contributed by atoms with van der Waals surface area (Å²) >= 11 is 0. The van der Waals surface area contributed by atoms with Crippen LogP contribution in [0.5, 0.6) is 0 Å². The van der Waals surface area contributed by atoms with Crippen LogP contribution in [0.15, 0.2) is 36.8 Å². The van der Waals surface area contributed by atoms with Crippen LogP contribution in [0.3, 0.4) is 0 Å². The van der Waals surface area contributed by atoms with Crippen LogP contribution in [0.2, 0.25) is 0 Å². The largest absolute Gasteiger partial charge is 0.444 e. The third kappa shape index (κ3) is 4.74. The highest BCUT2D eigenvalue weighted by atomic mass is 16.6. The highest BCUT2D eigenvalue weighted by Crippen LogP contribution is 2.31. The monoisotopic (exact) mass is 396 g/mol. The summed E-state index contributed by atoms with van der Waals surface area (Å²) < 4.78 is 11.1. The van der Waals surface area contributed by atoms with Crippen molar-refractivity contribution < 1.29 is 14.3 Å². The molecule has 0 saturated carbocycles. The summed E-state index contributed by atoms with van der Waals surface area (Å²) in [6.07, 6.45) is 2.96. The summed E-state index contributed by atoms with van der Waals surface area (Å²) in [6, 6.07) is 7.83. The Morgan fingerprint density at radius 1 is 1.24 bits per heavy atom. The third-order valence-electron chi connectivity index (χ3n) is 4.38. The minimum Gasteiger partial charge on any atom is -0.444 e. The number of rotatable bonds is 2. The Kier molecular flexibility index (Phi) is 6.17. The number of carbonyl (C=O) groups excluding carboxylic acids is 1. The first-order chi connectivity index (χ1) is 13.9. The maximum absolute atomic E-state index is 12.1. The van der Waals surface area contributed by atoms with Crippen molar-refractivity contribution >= 4 is 17.1 Å². The molecule has 1 aromatic carbocycles. The molecule has 0 bridgehead atoms. The smallest absolute Gasteiger partial charge is 0.408 e. The summed E-state index contributed by atoms with van der Waals surface area (Å²) in [6.45, 7) is 10.4. The molecule has 0 spiro atoms. The lowest BCUT2D eigenvalue weighted by molar-refractivity contribution is 0.0390. The second-order valence-electron chi connectivity index (χ2n) is 7.59. The van der Waals surface area contributed by atoms with Gasteiger partial charge in [-0.3, -0.25) is 0 Å². The summed E-state index contributed by atoms with van der Waals surface area (Å²) in [5, 5.41) is 3.87. The number of benzene rings is 1. The van der Waals surface area contributed by atoms with Crippen molar-refractivity contribution in [2.45, 2.75) is 52.9 Å². The topological polar surface area (TPSA) is 89.1 Å². The molecule has 29 heavy (non-hydrogen) atoms. The number of hydrogen-bond acceptors (Lipinski definition) is 5. The number of nitrogens with zero attached hydrogens (tertiary/aromatic N) is 2. The summed E-state index contributed by atoms with van der Waals surface area (Å²) in [5.41, 5.74) is 4.19. The van der Waals surface area contributed by atoms with Gasteiger partial charge in [-0.1, -0.05) is 26.0 Å². The van der Waals surface area contributed by atoms with Crippen molar-refractivity contribution in [1.29, 1.82) is 0 Å². The molecule has 0 aliphatic carbocycles. The molecule has 2 aromatic heterocycles. The van der Waals surface area contributed by atoms with E-state index in [1.165, 1.54) is 0 Å². The molecule has 1 unspecified atom stereocenters. The third-order valence-corrected chi connectivity index (χ3v) is 4.38. The van der Waals surface area contributed by atoms with E-state index in [1.807, 2.05) is 59.0 Å². The Bertz CT molecular complexity index is 991. The average molecular weight is 396 g/mol. The number of fused-ring (bicyclic) bond motifs is 2. The Morgan fingerprint density at radius 3 is 2.79 bits per heavy atom. The van der Waals surface area contributed by atoms with E-state index in [2.05, 4.69) is 26.3 Å². The van der Waals surface area contributed by atoms with Gasteiger partial charge in [0.1, 0.15) is 17.6 Å². The van der Waals surface area contributed by atoms with E-state index >= 15 is 0 Å². The van der Waals surface area contributed by atoms with E-state index in [9.17, 15) is 4.79 Å². The highest BCUT2D eigenvalue weighted by molar-refractivity contribution is 5.90. The van der Waals surface area contributed by atoms with E-state index in [0.717, 1.165) is 33.4 Å². The first-order valence-corrected chi connectivity index (χ1v) is 9.89. The van der Waals surface area contributed by atoms with Gasteiger partial charge >= 0.3 is 6.09 Å². The number of aromatic nitrogens is 3. The van der Waals surface area contributed by atoms with E-state index in [0.29, 0.717) is 13.2 Å². The Labute approximate surface area is 170 Å². The van der Waals surface area contributed by atoms with E-state index in [4.69, 9.17) is 9.47 Å². The SMILES string of the molecule is CC.CC(C)(C)OC(=O)NC1COCc2cc(-c3ncnc4[nH]ccc34)ccc21. The van der Waals surface area contributed by atoms with Crippen LogP contribution in [0, 0.1) is 0 Å². The maximum atomic E-state index is 12.1. The number of nitrogens with one attached hydrogen (secondary N) is 2. The van der Waals surface area contributed by atoms with E-state index in [-0.39, 0.29) is 6.04 Å². The highest BCUT2D eigenvalue weighted by Gasteiger charge is 2.25. The van der Waals surface area contributed by atoms with Crippen LogP contribution in [-0.2, 0) is 16.1 Å². The predicted molar refractivity (Wildman–Crippen MR) is 112 cm³/mol. The van der Waals surface area contributed by atoms with Gasteiger partial charge in [-0.15, -0.1) is 0 Å². The molecule has 2 N–H and O–H groups in total. The molecule has 1 aliphatic rings. The zero-order valence-electron chi connectivity index (χ0n) is 17.6. The van der Waals surface area contributed by atoms with Crippen LogP contribution >= 0.6 is 0 Å². The zero-order chi connectivity index (χ0) is 21.0. The lowest BCUT2D eigenvalue weighted by atomic mass is 9.95. The minimum atomic E-state index is -0.540. The van der Waals surface area contributed by atoms with Crippen molar-refractivity contribution in [3.63, 3.8) is 0 Å². The number of alkyl carbamates (subject to hydrolysis) is 1. The molecule has 3 heterocycles. The van der Waals surface area contributed by atoms with Gasteiger partial charge in [-0.25, -0.2) is 14.8 Å². The molecule has 0 fully saturated rings. The molecule has 7 heteroatoms. The molecule has 1 amide bonds. The van der Waals surface area contributed by atoms with Gasteiger partial charge in [-0.2, -0.15) is 0 Å². The molecule has 154 valence electrons. The minimum absolute atomic E-state index is 0.240. The molecule has 0 radical (unpaired) electrons. The standard InChI is InChI=1S/C20H22N4O3.C2H6/c1-20(2,3)27-19(25)24-16-10-26-9-13-8-12(4-5-14(13)16)17-15-6-7-21-18(15)23-11-22-17;1-2/h4-8,11,16H,9-10H2,1-3H3,(H,24,25)(H,21,22,23);1-2H3. The summed E-state index contributed by atoms with van der Waals surface area (Å²) in [5.74, 6) is 0. The van der Waals surface area contributed by atoms with E-state index in [1.54, 1.807) is 6.33 Å². The van der Waals surface area contributed by atoms with Crippen LogP contribution in [0.25, 0.3) is 22.3 Å². The number of carbonyl (C=O) groups is 1. The molecule has 3 aromatic rings. The van der Waals surface area contributed by atoms with Crippen molar-refractivity contribution in [1.82, 2.24) is 20.3 Å². The van der Waals surface area contributed by atoms with E-state index < -0.39 is 11.7 Å². The van der Waals surface area contributed by atoms with Crippen LogP contribution in [0.1, 0.15) is 51.8 Å². The van der Waals surface area contributed by atoms with Gasteiger partial charge in [0.05, 0.1) is 24.9 Å². The molecule has 1 atom stereocenters. The lowest BCUT2D eigenvalue weighted by Crippen LogP contribution is -2.38. The normalized spacial score (nSPS) is 15.8. The second kappa shape index (κ2) is 8.61. The van der Waals surface area contributed by atoms with Crippen LogP contribution in [-0.4, -0.2) is 33.3 Å². The molecule has 1 aliphatic heterocycles. The van der Waals surface area contributed by atoms with Crippen molar-refractivity contribution in [2.24, 2.45) is 0 Å². The molecule has 7 nitrogen and oxygen atoms in total. The predicted octanol–water partition coefficient (Wildman–Crippen LogP) is 4.75. The van der Waals surface area contributed by atoms with Gasteiger partial charge in [0.15, 0.2) is 0 Å². The number of hydrogen-bond donors (Lipinski definition) is 2. The lowest BCUT2D eigenvalue weighted by Gasteiger charge is -2.28. The number of ether oxygens (including phenoxy) is 2. The van der Waals surface area contributed by atoms with Gasteiger partial charge in [0.25, 0.3) is 0 Å². The van der Waals surface area contributed by atoms with Gasteiger partial charge in [0, 0.05) is 17.1 Å². The zero-order valence-corrected chi connectivity index (χ0v) is 17.6. The summed E-state index contributed by atoms with van der Waals surface area (Å²) in [4.78, 5) is 23.9. The second-order valence-corrected chi connectivity index (χ2v) is 7.59. The fraction of sp³-hybridized carbons (Fsp3) is 0.409. The fourth-order valence-electron chi connectivity index (χ4n) is 3.27. The Morgan fingerprint density at radius 2 is 2.03 bits per heavy atom. The fourth-order valence-corrected chi connectivity index (χ4v) is 3.27. The van der Waals surface area contributed by atoms with Crippen molar-refractivity contribution in [2.75, 3.05) is 6.61 Å². The number of aromatic amines is 1. The molecule has 4 rings (SSSR count). The number of H-pyrrole nitrogens is 1. The maximum Gasteiger partial charge on any atom is 0.408 e. The van der Waals surface area contributed by atoms with Crippen LogP contribution in [0.4, 0.5) is 4.79 Å². The molecular weight excluding hydrogens is 368 g/mol. The average Bonchev–Trinajstić information content (AvgIpc) is 3.17. The van der Waals surface area contributed by atoms with Gasteiger partial charge < -0.3 is 19.8 Å².